The lowest BCUT2D eigenvalue weighted by atomic mass is 9.96. The van der Waals surface area contributed by atoms with Crippen molar-refractivity contribution in [3.05, 3.63) is 76.7 Å². The van der Waals surface area contributed by atoms with Crippen LogP contribution in [0.1, 0.15) is 47.1 Å². The van der Waals surface area contributed by atoms with Crippen LogP contribution in [0.3, 0.4) is 0 Å². The molecule has 42 heavy (non-hydrogen) atoms. The second-order valence-electron chi connectivity index (χ2n) is 10.6. The first-order chi connectivity index (χ1) is 20.0. The van der Waals surface area contributed by atoms with Gasteiger partial charge in [-0.15, -0.1) is 0 Å². The van der Waals surface area contributed by atoms with E-state index in [4.69, 9.17) is 4.52 Å². The van der Waals surface area contributed by atoms with Gasteiger partial charge in [0.25, 0.3) is 0 Å². The number of Topliss-reactive ketones (excluding diaryl/α,β-unsaturated/α-hetero) is 1. The Bertz CT molecular complexity index is 1600. The monoisotopic (exact) mass is 598 g/mol. The molecule has 3 aromatic rings. The molecule has 2 aliphatic rings. The van der Waals surface area contributed by atoms with Crippen LogP contribution in [0.25, 0.3) is 12.2 Å². The fourth-order valence-corrected chi connectivity index (χ4v) is 7.14. The Morgan fingerprint density at radius 3 is 2.24 bits per heavy atom. The highest BCUT2D eigenvalue weighted by Crippen LogP contribution is 2.30. The molecular weight excluding hydrogens is 566 g/mol. The fraction of sp³-hybridized carbons (Fsp3) is 0.367. The van der Waals surface area contributed by atoms with Gasteiger partial charge in [-0.05, 0) is 75.2 Å². The summed E-state index contributed by atoms with van der Waals surface area (Å²) >= 11 is 0. The molecular formula is C30H32F2N4O5S. The van der Waals surface area contributed by atoms with Crippen LogP contribution in [0.4, 0.5) is 14.5 Å². The number of benzene rings is 2. The molecule has 1 amide bonds. The van der Waals surface area contributed by atoms with E-state index in [1.54, 1.807) is 0 Å². The number of ketones is 1. The Kier molecular flexibility index (Phi) is 8.55. The Hall–Kier alpha value is -3.90. The number of aromatic nitrogens is 1. The number of piperazine rings is 1. The Morgan fingerprint density at radius 2 is 1.62 bits per heavy atom. The van der Waals surface area contributed by atoms with E-state index in [-0.39, 0.29) is 52.6 Å². The molecule has 9 nitrogen and oxygen atoms in total. The number of nitrogens with zero attached hydrogens (tertiary/aromatic N) is 4. The lowest BCUT2D eigenvalue weighted by molar-refractivity contribution is -0.137. The summed E-state index contributed by atoms with van der Waals surface area (Å²) in [6, 6.07) is 10.5. The van der Waals surface area contributed by atoms with Crippen molar-refractivity contribution in [2.24, 2.45) is 5.92 Å². The second kappa shape index (κ2) is 12.1. The van der Waals surface area contributed by atoms with E-state index in [9.17, 15) is 26.8 Å². The second-order valence-corrected chi connectivity index (χ2v) is 12.4. The van der Waals surface area contributed by atoms with Gasteiger partial charge in [0.05, 0.1) is 0 Å². The number of rotatable bonds is 7. The number of hydrogen-bond donors (Lipinski definition) is 0. The molecule has 222 valence electrons. The smallest absolute Gasteiger partial charge is 0.248 e. The Labute approximate surface area is 243 Å². The van der Waals surface area contributed by atoms with E-state index in [1.165, 1.54) is 36.4 Å². The number of piperidine rings is 1. The molecule has 0 saturated carbocycles. The average Bonchev–Trinajstić information content (AvgIpc) is 3.37. The maximum absolute atomic E-state index is 14.0. The number of amides is 1. The largest absolute Gasteiger partial charge is 0.368 e. The van der Waals surface area contributed by atoms with Gasteiger partial charge in [0.1, 0.15) is 17.3 Å². The highest BCUT2D eigenvalue weighted by molar-refractivity contribution is 7.89. The van der Waals surface area contributed by atoms with Crippen LogP contribution in [0, 0.1) is 24.5 Å². The van der Waals surface area contributed by atoms with Crippen LogP contribution in [0.5, 0.6) is 0 Å². The number of sulfonamides is 1. The number of hydrogen-bond acceptors (Lipinski definition) is 7. The molecule has 2 fully saturated rings. The third-order valence-corrected chi connectivity index (χ3v) is 9.90. The Morgan fingerprint density at radius 1 is 0.952 bits per heavy atom. The van der Waals surface area contributed by atoms with Crippen molar-refractivity contribution in [3.63, 3.8) is 0 Å². The number of aryl methyl sites for hydroxylation is 1. The molecule has 12 heteroatoms. The van der Waals surface area contributed by atoms with Gasteiger partial charge in [-0.1, -0.05) is 5.16 Å². The average molecular weight is 599 g/mol. The van der Waals surface area contributed by atoms with Crippen molar-refractivity contribution < 1.29 is 31.3 Å². The summed E-state index contributed by atoms with van der Waals surface area (Å²) in [7, 11) is -4.00. The molecule has 0 radical (unpaired) electrons. The summed E-state index contributed by atoms with van der Waals surface area (Å²) < 4.78 is 61.0. The lowest BCUT2D eigenvalue weighted by Gasteiger charge is -2.39. The van der Waals surface area contributed by atoms with Gasteiger partial charge in [0, 0.05) is 68.1 Å². The van der Waals surface area contributed by atoms with Crippen LogP contribution < -0.4 is 4.90 Å². The first-order valence-corrected chi connectivity index (χ1v) is 15.2. The zero-order chi connectivity index (χ0) is 30.0. The normalized spacial score (nSPS) is 17.2. The highest BCUT2D eigenvalue weighted by Gasteiger charge is 2.37. The van der Waals surface area contributed by atoms with Crippen LogP contribution in [-0.4, -0.2) is 73.7 Å². The molecule has 2 saturated heterocycles. The van der Waals surface area contributed by atoms with Crippen molar-refractivity contribution in [2.45, 2.75) is 31.6 Å². The quantitative estimate of drug-likeness (QED) is 0.372. The third-order valence-electron chi connectivity index (χ3n) is 7.84. The van der Waals surface area contributed by atoms with Crippen molar-refractivity contribution >= 4 is 39.6 Å². The topological polar surface area (TPSA) is 104 Å². The molecule has 0 aliphatic carbocycles. The lowest BCUT2D eigenvalue weighted by Crippen LogP contribution is -2.52. The summed E-state index contributed by atoms with van der Waals surface area (Å²) in [6.07, 6.45) is 3.39. The summed E-state index contributed by atoms with van der Waals surface area (Å²) in [5.74, 6) is -1.79. The van der Waals surface area contributed by atoms with Gasteiger partial charge in [-0.3, -0.25) is 9.59 Å². The molecule has 0 unspecified atom stereocenters. The van der Waals surface area contributed by atoms with E-state index in [1.807, 2.05) is 29.2 Å². The number of anilines is 1. The fourth-order valence-electron chi connectivity index (χ4n) is 5.42. The molecule has 0 N–H and O–H groups in total. The van der Waals surface area contributed by atoms with Crippen molar-refractivity contribution in [3.8, 4) is 0 Å². The number of carbonyl (C=O) groups excluding carboxylic acids is 2. The minimum atomic E-state index is -4.00. The van der Waals surface area contributed by atoms with Crippen molar-refractivity contribution in [2.75, 3.05) is 44.2 Å². The first-order valence-electron chi connectivity index (χ1n) is 13.8. The highest BCUT2D eigenvalue weighted by atomic mass is 32.2. The molecule has 2 aromatic carbocycles. The summed E-state index contributed by atoms with van der Waals surface area (Å²) in [5, 5.41) is 3.81. The molecule has 5 rings (SSSR count). The molecule has 1 aromatic heterocycles. The summed E-state index contributed by atoms with van der Waals surface area (Å²) in [4.78, 5) is 28.7. The third kappa shape index (κ3) is 6.14. The van der Waals surface area contributed by atoms with Gasteiger partial charge in [0.2, 0.25) is 15.9 Å². The maximum Gasteiger partial charge on any atom is 0.248 e. The maximum atomic E-state index is 14.0. The van der Waals surface area contributed by atoms with E-state index >= 15 is 0 Å². The van der Waals surface area contributed by atoms with E-state index in [0.717, 1.165) is 17.8 Å². The minimum absolute atomic E-state index is 0.0169. The van der Waals surface area contributed by atoms with Gasteiger partial charge in [0.15, 0.2) is 16.4 Å². The summed E-state index contributed by atoms with van der Waals surface area (Å²) in [5.41, 5.74) is 1.90. The zero-order valence-corrected chi connectivity index (χ0v) is 24.2. The van der Waals surface area contributed by atoms with Crippen LogP contribution >= 0.6 is 0 Å². The SMILES string of the molecule is CC(=O)c1ccc(N2CCN(C(=O)C3CCN(S(=O)(=O)c4c(C)noc4/C=C/c4ccc(F)cc4F)CC3)CC2)cc1. The zero-order valence-electron chi connectivity index (χ0n) is 23.4. The van der Waals surface area contributed by atoms with Gasteiger partial charge in [-0.25, -0.2) is 17.2 Å². The molecule has 0 spiro atoms. The number of halogens is 2. The molecule has 2 aliphatic heterocycles. The molecule has 0 bridgehead atoms. The van der Waals surface area contributed by atoms with Gasteiger partial charge >= 0.3 is 0 Å². The van der Waals surface area contributed by atoms with E-state index in [0.29, 0.717) is 44.6 Å². The molecule has 0 atom stereocenters. The predicted molar refractivity (Wildman–Crippen MR) is 153 cm³/mol. The number of carbonyl (C=O) groups is 2. The van der Waals surface area contributed by atoms with Gasteiger partial charge < -0.3 is 14.3 Å². The van der Waals surface area contributed by atoms with Crippen LogP contribution in [0.2, 0.25) is 0 Å². The van der Waals surface area contributed by atoms with Crippen molar-refractivity contribution in [1.29, 1.82) is 0 Å². The van der Waals surface area contributed by atoms with E-state index in [2.05, 4.69) is 10.1 Å². The van der Waals surface area contributed by atoms with Gasteiger partial charge in [-0.2, -0.15) is 4.31 Å². The van der Waals surface area contributed by atoms with Crippen LogP contribution in [-0.2, 0) is 14.8 Å². The first kappa shape index (κ1) is 29.6. The molecule has 3 heterocycles. The van der Waals surface area contributed by atoms with Crippen LogP contribution in [0.15, 0.2) is 51.9 Å². The summed E-state index contributed by atoms with van der Waals surface area (Å²) in [6.45, 7) is 5.85. The standard InChI is InChI=1S/C30H32F2N4O5S/c1-20-29(28(41-33-20)10-6-23-3-7-25(31)19-27(23)32)42(39,40)36-13-11-24(12-14-36)30(38)35-17-15-34(16-18-35)26-8-4-22(5-9-26)21(2)37/h3-10,19,24H,11-18H2,1-2H3/b10-6+. The minimum Gasteiger partial charge on any atom is -0.368 e. The Balaban J connectivity index is 1.19. The predicted octanol–water partition coefficient (Wildman–Crippen LogP) is 4.38. The van der Waals surface area contributed by atoms with E-state index < -0.39 is 21.7 Å². The van der Waals surface area contributed by atoms with Crippen molar-refractivity contribution in [1.82, 2.24) is 14.4 Å².